The SMILES string of the molecule is COc1cc2c(cc1OC)-c1c(Cc3cccc(Br)c3)c3ccc(OC)c(OC)c3c[n+]1CC2. The monoisotopic (exact) mass is 520 g/mol. The molecule has 0 bridgehead atoms. The molecule has 0 N–H and O–H groups in total. The fourth-order valence-electron chi connectivity index (χ4n) is 4.98. The summed E-state index contributed by atoms with van der Waals surface area (Å²) in [5, 5.41) is 2.19. The van der Waals surface area contributed by atoms with Gasteiger partial charge in [0.25, 0.3) is 0 Å². The van der Waals surface area contributed by atoms with E-state index >= 15 is 0 Å². The third-order valence-electron chi connectivity index (χ3n) is 6.52. The molecule has 6 heteroatoms. The molecule has 5 rings (SSSR count). The molecule has 0 aliphatic carbocycles. The molecule has 0 saturated carbocycles. The number of ether oxygens (including phenoxy) is 4. The zero-order valence-electron chi connectivity index (χ0n) is 19.8. The molecule has 174 valence electrons. The fraction of sp³-hybridized carbons (Fsp3) is 0.250. The van der Waals surface area contributed by atoms with Crippen molar-refractivity contribution in [2.24, 2.45) is 0 Å². The van der Waals surface area contributed by atoms with Crippen molar-refractivity contribution in [2.45, 2.75) is 19.4 Å². The van der Waals surface area contributed by atoms with Gasteiger partial charge in [0.05, 0.1) is 39.4 Å². The highest BCUT2D eigenvalue weighted by molar-refractivity contribution is 9.10. The van der Waals surface area contributed by atoms with Crippen molar-refractivity contribution in [1.82, 2.24) is 0 Å². The molecule has 4 aromatic rings. The Hall–Kier alpha value is -3.25. The minimum Gasteiger partial charge on any atom is -0.493 e. The van der Waals surface area contributed by atoms with Crippen LogP contribution in [0.1, 0.15) is 16.7 Å². The van der Waals surface area contributed by atoms with Crippen molar-refractivity contribution in [2.75, 3.05) is 28.4 Å². The Balaban J connectivity index is 1.84. The van der Waals surface area contributed by atoms with Crippen LogP contribution in [0.15, 0.2) is 59.2 Å². The van der Waals surface area contributed by atoms with E-state index in [9.17, 15) is 0 Å². The van der Waals surface area contributed by atoms with Crippen LogP contribution in [0.25, 0.3) is 22.0 Å². The molecule has 0 unspecified atom stereocenters. The number of fused-ring (bicyclic) bond motifs is 4. The number of nitrogens with zero attached hydrogens (tertiary/aromatic N) is 1. The number of hydrogen-bond acceptors (Lipinski definition) is 4. The Morgan fingerprint density at radius 1 is 0.824 bits per heavy atom. The van der Waals surface area contributed by atoms with Gasteiger partial charge in [0.1, 0.15) is 0 Å². The van der Waals surface area contributed by atoms with Crippen LogP contribution in [0.3, 0.4) is 0 Å². The van der Waals surface area contributed by atoms with Crippen LogP contribution < -0.4 is 23.5 Å². The maximum atomic E-state index is 5.82. The van der Waals surface area contributed by atoms with Gasteiger partial charge in [-0.25, -0.2) is 0 Å². The van der Waals surface area contributed by atoms with Crippen LogP contribution in [0.5, 0.6) is 23.0 Å². The summed E-state index contributed by atoms with van der Waals surface area (Å²) < 4.78 is 26.1. The lowest BCUT2D eigenvalue weighted by Gasteiger charge is -2.22. The van der Waals surface area contributed by atoms with Gasteiger partial charge in [0.15, 0.2) is 35.7 Å². The fourth-order valence-corrected chi connectivity index (χ4v) is 5.42. The number of pyridine rings is 1. The maximum absolute atomic E-state index is 5.82. The molecule has 1 aliphatic heterocycles. The number of aromatic nitrogens is 1. The van der Waals surface area contributed by atoms with Crippen molar-refractivity contribution >= 4 is 26.7 Å². The first-order valence-corrected chi connectivity index (χ1v) is 12.0. The molecule has 0 spiro atoms. The first-order chi connectivity index (χ1) is 16.6. The van der Waals surface area contributed by atoms with Crippen molar-refractivity contribution in [1.29, 1.82) is 0 Å². The van der Waals surface area contributed by atoms with E-state index in [1.165, 1.54) is 27.9 Å². The highest BCUT2D eigenvalue weighted by Crippen LogP contribution is 2.43. The van der Waals surface area contributed by atoms with E-state index < -0.39 is 0 Å². The lowest BCUT2D eigenvalue weighted by Crippen LogP contribution is -2.41. The van der Waals surface area contributed by atoms with Gasteiger partial charge in [-0.1, -0.05) is 28.1 Å². The Bertz CT molecular complexity index is 1400. The molecule has 0 radical (unpaired) electrons. The van der Waals surface area contributed by atoms with E-state index in [0.29, 0.717) is 0 Å². The summed E-state index contributed by atoms with van der Waals surface area (Å²) in [4.78, 5) is 0. The van der Waals surface area contributed by atoms with Gasteiger partial charge in [0.2, 0.25) is 5.69 Å². The summed E-state index contributed by atoms with van der Waals surface area (Å²) in [6.45, 7) is 0.861. The largest absolute Gasteiger partial charge is 0.493 e. The lowest BCUT2D eigenvalue weighted by atomic mass is 9.88. The maximum Gasteiger partial charge on any atom is 0.217 e. The zero-order valence-corrected chi connectivity index (χ0v) is 21.4. The second kappa shape index (κ2) is 9.18. The van der Waals surface area contributed by atoms with E-state index in [0.717, 1.165) is 57.6 Å². The third kappa shape index (κ3) is 3.76. The molecule has 2 heterocycles. The van der Waals surface area contributed by atoms with Crippen molar-refractivity contribution in [3.63, 3.8) is 0 Å². The summed E-state index contributed by atoms with van der Waals surface area (Å²) in [6, 6.07) is 16.8. The highest BCUT2D eigenvalue weighted by atomic mass is 79.9. The van der Waals surface area contributed by atoms with Crippen LogP contribution >= 0.6 is 15.9 Å². The number of halogens is 1. The minimum absolute atomic E-state index is 0.728. The van der Waals surface area contributed by atoms with Crippen LogP contribution in [0.4, 0.5) is 0 Å². The smallest absolute Gasteiger partial charge is 0.217 e. The van der Waals surface area contributed by atoms with E-state index in [1.807, 2.05) is 6.07 Å². The van der Waals surface area contributed by atoms with Crippen LogP contribution in [-0.2, 0) is 19.4 Å². The van der Waals surface area contributed by atoms with Gasteiger partial charge in [-0.3, -0.25) is 0 Å². The second-order valence-electron chi connectivity index (χ2n) is 8.33. The highest BCUT2D eigenvalue weighted by Gasteiger charge is 2.31. The Morgan fingerprint density at radius 2 is 1.59 bits per heavy atom. The van der Waals surface area contributed by atoms with Crippen LogP contribution in [0.2, 0.25) is 0 Å². The predicted molar refractivity (Wildman–Crippen MR) is 136 cm³/mol. The summed E-state index contributed by atoms with van der Waals surface area (Å²) in [6.07, 6.45) is 3.87. The Morgan fingerprint density at radius 3 is 2.29 bits per heavy atom. The van der Waals surface area contributed by atoms with Gasteiger partial charge in [-0.05, 0) is 47.5 Å². The van der Waals surface area contributed by atoms with Gasteiger partial charge >= 0.3 is 0 Å². The summed E-state index contributed by atoms with van der Waals surface area (Å²) in [7, 11) is 6.73. The standard InChI is InChI=1S/C28H27BrNO4/c1-31-24-9-8-20-22(13-17-6-5-7-19(29)12-17)27-21-15-26(33-3)25(32-2)14-18(21)10-11-30(27)16-23(20)28(24)34-4/h5-9,12,14-16H,10-11,13H2,1-4H3/q+1. The van der Waals surface area contributed by atoms with Crippen LogP contribution in [-0.4, -0.2) is 28.4 Å². The Kier molecular flexibility index (Phi) is 6.09. The average Bonchev–Trinajstić information content (AvgIpc) is 2.86. The number of methoxy groups -OCH3 is 4. The first kappa shape index (κ1) is 22.5. The normalized spacial score (nSPS) is 12.1. The van der Waals surface area contributed by atoms with Gasteiger partial charge < -0.3 is 18.9 Å². The molecule has 5 nitrogen and oxygen atoms in total. The molecule has 0 amide bonds. The van der Waals surface area contributed by atoms with Crippen molar-refractivity contribution in [3.05, 3.63) is 75.9 Å². The van der Waals surface area contributed by atoms with Crippen molar-refractivity contribution < 1.29 is 23.5 Å². The molecule has 3 aromatic carbocycles. The van der Waals surface area contributed by atoms with Gasteiger partial charge in [-0.15, -0.1) is 0 Å². The zero-order chi connectivity index (χ0) is 23.8. The predicted octanol–water partition coefficient (Wildman–Crippen LogP) is 5.74. The topological polar surface area (TPSA) is 40.8 Å². The molecule has 0 saturated heterocycles. The number of hydrogen-bond donors (Lipinski definition) is 0. The molecular formula is C28H27BrNO4+. The van der Waals surface area contributed by atoms with E-state index in [-0.39, 0.29) is 0 Å². The number of rotatable bonds is 6. The summed E-state index contributed by atoms with van der Waals surface area (Å²) in [5.41, 5.74) is 6.09. The van der Waals surface area contributed by atoms with Gasteiger partial charge in [0, 0.05) is 28.3 Å². The molecule has 0 fully saturated rings. The molecule has 1 aromatic heterocycles. The number of aryl methyl sites for hydroxylation is 2. The Labute approximate surface area is 208 Å². The summed E-state index contributed by atoms with van der Waals surface area (Å²) >= 11 is 3.63. The second-order valence-corrected chi connectivity index (χ2v) is 9.25. The van der Waals surface area contributed by atoms with E-state index in [1.54, 1.807) is 28.4 Å². The van der Waals surface area contributed by atoms with E-state index in [4.69, 9.17) is 18.9 Å². The minimum atomic E-state index is 0.728. The quantitative estimate of drug-likeness (QED) is 0.304. The third-order valence-corrected chi connectivity index (χ3v) is 7.02. The van der Waals surface area contributed by atoms with Crippen molar-refractivity contribution in [3.8, 4) is 34.3 Å². The first-order valence-electron chi connectivity index (χ1n) is 11.2. The molecule has 1 aliphatic rings. The van der Waals surface area contributed by atoms with Gasteiger partial charge in [-0.2, -0.15) is 4.57 Å². The number of benzene rings is 3. The molecule has 0 atom stereocenters. The average molecular weight is 521 g/mol. The molecular weight excluding hydrogens is 494 g/mol. The molecule has 34 heavy (non-hydrogen) atoms. The summed E-state index contributed by atoms with van der Waals surface area (Å²) in [5.74, 6) is 2.97. The lowest BCUT2D eigenvalue weighted by molar-refractivity contribution is -0.686. The van der Waals surface area contributed by atoms with Crippen LogP contribution in [0, 0.1) is 0 Å². The van der Waals surface area contributed by atoms with E-state index in [2.05, 4.69) is 69.2 Å².